The van der Waals surface area contributed by atoms with Crippen molar-refractivity contribution in [3.05, 3.63) is 39.4 Å². The molecule has 136 valence electrons. The van der Waals surface area contributed by atoms with Gasteiger partial charge in [0, 0.05) is 38.3 Å². The zero-order chi connectivity index (χ0) is 18.6. The van der Waals surface area contributed by atoms with Gasteiger partial charge in [0.1, 0.15) is 5.56 Å². The number of carbonyl (C=O) groups is 2. The van der Waals surface area contributed by atoms with E-state index in [0.717, 1.165) is 5.56 Å². The third-order valence-electron chi connectivity index (χ3n) is 4.41. The number of benzene rings is 1. The Hall–Kier alpha value is -2.48. The molecule has 0 aromatic heterocycles. The van der Waals surface area contributed by atoms with Crippen molar-refractivity contribution in [1.82, 2.24) is 9.80 Å². The lowest BCUT2D eigenvalue weighted by Crippen LogP contribution is -2.54. The number of hydrogen-bond donors (Lipinski definition) is 0. The molecule has 0 N–H and O–H groups in total. The molecule has 1 aromatic carbocycles. The first-order valence-corrected chi connectivity index (χ1v) is 8.18. The van der Waals surface area contributed by atoms with Gasteiger partial charge in [-0.1, -0.05) is 6.07 Å². The summed E-state index contributed by atoms with van der Waals surface area (Å²) in [4.78, 5) is 38.5. The predicted octanol–water partition coefficient (Wildman–Crippen LogP) is 1.61. The van der Waals surface area contributed by atoms with E-state index in [1.54, 1.807) is 24.0 Å². The van der Waals surface area contributed by atoms with Crippen LogP contribution in [0.15, 0.2) is 18.2 Å². The number of nitrogens with zero attached hydrogens (tertiary/aromatic N) is 3. The lowest BCUT2D eigenvalue weighted by atomic mass is 10.1. The first-order chi connectivity index (χ1) is 11.8. The second-order valence-electron chi connectivity index (χ2n) is 6.25. The van der Waals surface area contributed by atoms with E-state index in [2.05, 4.69) is 9.64 Å². The van der Waals surface area contributed by atoms with Gasteiger partial charge in [0.05, 0.1) is 18.5 Å². The van der Waals surface area contributed by atoms with Crippen molar-refractivity contribution in [3.63, 3.8) is 0 Å². The van der Waals surface area contributed by atoms with Crippen molar-refractivity contribution in [1.29, 1.82) is 0 Å². The first-order valence-electron chi connectivity index (χ1n) is 8.18. The number of piperazine rings is 1. The minimum atomic E-state index is -0.524. The Labute approximate surface area is 146 Å². The SMILES string of the molecule is COC(=O)CCN1CCN(C(=O)c2cc(C)ccc2[N+](=O)[O-])C(C)C1. The molecule has 1 unspecified atom stereocenters. The van der Waals surface area contributed by atoms with Gasteiger partial charge >= 0.3 is 5.97 Å². The highest BCUT2D eigenvalue weighted by atomic mass is 16.6. The fourth-order valence-corrected chi connectivity index (χ4v) is 3.02. The largest absolute Gasteiger partial charge is 0.469 e. The molecule has 8 nitrogen and oxygen atoms in total. The van der Waals surface area contributed by atoms with E-state index in [1.807, 2.05) is 6.92 Å². The molecular weight excluding hydrogens is 326 g/mol. The summed E-state index contributed by atoms with van der Waals surface area (Å²) < 4.78 is 4.64. The molecule has 1 amide bonds. The highest BCUT2D eigenvalue weighted by Crippen LogP contribution is 2.23. The van der Waals surface area contributed by atoms with Crippen molar-refractivity contribution in [2.75, 3.05) is 33.3 Å². The van der Waals surface area contributed by atoms with Crippen LogP contribution in [0.2, 0.25) is 0 Å². The van der Waals surface area contributed by atoms with Gasteiger partial charge in [0.15, 0.2) is 0 Å². The van der Waals surface area contributed by atoms with Crippen LogP contribution in [0.5, 0.6) is 0 Å². The zero-order valence-electron chi connectivity index (χ0n) is 14.7. The number of ether oxygens (including phenoxy) is 1. The Kier molecular flexibility index (Phi) is 6.08. The Morgan fingerprint density at radius 1 is 1.36 bits per heavy atom. The van der Waals surface area contributed by atoms with Crippen molar-refractivity contribution in [3.8, 4) is 0 Å². The highest BCUT2D eigenvalue weighted by molar-refractivity contribution is 5.98. The van der Waals surface area contributed by atoms with Crippen molar-refractivity contribution < 1.29 is 19.2 Å². The van der Waals surface area contributed by atoms with E-state index in [0.29, 0.717) is 32.6 Å². The summed E-state index contributed by atoms with van der Waals surface area (Å²) in [6, 6.07) is 4.47. The summed E-state index contributed by atoms with van der Waals surface area (Å²) in [5.41, 5.74) is 0.758. The van der Waals surface area contributed by atoms with Gasteiger partial charge in [0.2, 0.25) is 0 Å². The molecule has 0 aliphatic carbocycles. The van der Waals surface area contributed by atoms with Crippen LogP contribution in [0.25, 0.3) is 0 Å². The van der Waals surface area contributed by atoms with E-state index in [-0.39, 0.29) is 29.2 Å². The molecule has 1 saturated heterocycles. The monoisotopic (exact) mass is 349 g/mol. The Balaban J connectivity index is 2.08. The second-order valence-corrected chi connectivity index (χ2v) is 6.25. The van der Waals surface area contributed by atoms with Gasteiger partial charge in [-0.3, -0.25) is 24.6 Å². The van der Waals surface area contributed by atoms with Gasteiger partial charge in [-0.2, -0.15) is 0 Å². The van der Waals surface area contributed by atoms with Gasteiger partial charge < -0.3 is 9.64 Å². The maximum absolute atomic E-state index is 12.8. The molecule has 1 heterocycles. The van der Waals surface area contributed by atoms with E-state index in [4.69, 9.17) is 0 Å². The number of amides is 1. The standard InChI is InChI=1S/C17H23N3O5/c1-12-4-5-15(20(23)24)14(10-12)17(22)19-9-8-18(11-13(19)2)7-6-16(21)25-3/h4-5,10,13H,6-9,11H2,1-3H3. The van der Waals surface area contributed by atoms with Crippen LogP contribution >= 0.6 is 0 Å². The number of carbonyl (C=O) groups excluding carboxylic acids is 2. The Morgan fingerprint density at radius 2 is 2.08 bits per heavy atom. The van der Waals surface area contributed by atoms with Crippen LogP contribution in [-0.4, -0.2) is 65.9 Å². The third-order valence-corrected chi connectivity index (χ3v) is 4.41. The number of methoxy groups -OCH3 is 1. The van der Waals surface area contributed by atoms with Crippen LogP contribution in [-0.2, 0) is 9.53 Å². The van der Waals surface area contributed by atoms with Gasteiger partial charge in [0.25, 0.3) is 11.6 Å². The van der Waals surface area contributed by atoms with Gasteiger partial charge in [-0.15, -0.1) is 0 Å². The highest BCUT2D eigenvalue weighted by Gasteiger charge is 2.31. The van der Waals surface area contributed by atoms with Crippen LogP contribution in [0.1, 0.15) is 29.3 Å². The molecule has 2 rings (SSSR count). The minimum Gasteiger partial charge on any atom is -0.469 e. The molecular formula is C17H23N3O5. The summed E-state index contributed by atoms with van der Waals surface area (Å²) in [5.74, 6) is -0.586. The second kappa shape index (κ2) is 8.06. The molecule has 25 heavy (non-hydrogen) atoms. The average molecular weight is 349 g/mol. The fraction of sp³-hybridized carbons (Fsp3) is 0.529. The lowest BCUT2D eigenvalue weighted by Gasteiger charge is -2.39. The Morgan fingerprint density at radius 3 is 2.68 bits per heavy atom. The zero-order valence-corrected chi connectivity index (χ0v) is 14.7. The summed E-state index contributed by atoms with van der Waals surface area (Å²) in [5, 5.41) is 11.2. The third kappa shape index (κ3) is 4.54. The molecule has 1 atom stereocenters. The van der Waals surface area contributed by atoms with Crippen molar-refractivity contribution in [2.45, 2.75) is 26.3 Å². The number of nitro groups is 1. The summed E-state index contributed by atoms with van der Waals surface area (Å²) >= 11 is 0. The molecule has 8 heteroatoms. The van der Waals surface area contributed by atoms with Gasteiger partial charge in [-0.25, -0.2) is 0 Å². The normalized spacial score (nSPS) is 18.0. The van der Waals surface area contributed by atoms with Gasteiger partial charge in [-0.05, 0) is 25.5 Å². The van der Waals surface area contributed by atoms with E-state index in [9.17, 15) is 19.7 Å². The summed E-state index contributed by atoms with van der Waals surface area (Å²) in [6.45, 7) is 5.98. The first kappa shape index (κ1) is 18.9. The molecule has 0 radical (unpaired) electrons. The number of nitro benzene ring substituents is 1. The maximum atomic E-state index is 12.8. The van der Waals surface area contributed by atoms with Crippen LogP contribution in [0, 0.1) is 17.0 Å². The number of hydrogen-bond acceptors (Lipinski definition) is 6. The minimum absolute atomic E-state index is 0.0981. The molecule has 1 aromatic rings. The topological polar surface area (TPSA) is 93.0 Å². The fourth-order valence-electron chi connectivity index (χ4n) is 3.02. The molecule has 1 aliphatic heterocycles. The summed E-state index contributed by atoms with van der Waals surface area (Å²) in [7, 11) is 1.36. The Bertz CT molecular complexity index is 676. The maximum Gasteiger partial charge on any atom is 0.306 e. The van der Waals surface area contributed by atoms with Crippen LogP contribution in [0.3, 0.4) is 0 Å². The predicted molar refractivity (Wildman–Crippen MR) is 91.4 cm³/mol. The molecule has 1 fully saturated rings. The number of aryl methyl sites for hydroxylation is 1. The quantitative estimate of drug-likeness (QED) is 0.455. The van der Waals surface area contributed by atoms with E-state index >= 15 is 0 Å². The van der Waals surface area contributed by atoms with E-state index < -0.39 is 4.92 Å². The molecule has 0 spiro atoms. The van der Waals surface area contributed by atoms with Crippen LogP contribution in [0.4, 0.5) is 5.69 Å². The molecule has 1 aliphatic rings. The summed E-state index contributed by atoms with van der Waals surface area (Å²) in [6.07, 6.45) is 0.306. The average Bonchev–Trinajstić information content (AvgIpc) is 2.58. The number of rotatable bonds is 5. The smallest absolute Gasteiger partial charge is 0.306 e. The van der Waals surface area contributed by atoms with Crippen molar-refractivity contribution >= 4 is 17.6 Å². The van der Waals surface area contributed by atoms with E-state index in [1.165, 1.54) is 13.2 Å². The van der Waals surface area contributed by atoms with Crippen LogP contribution < -0.4 is 0 Å². The number of esters is 1. The molecule has 0 saturated carbocycles. The lowest BCUT2D eigenvalue weighted by molar-refractivity contribution is -0.385. The van der Waals surface area contributed by atoms with Crippen molar-refractivity contribution in [2.24, 2.45) is 0 Å². The molecule has 0 bridgehead atoms.